The summed E-state index contributed by atoms with van der Waals surface area (Å²) in [6, 6.07) is 24.8. The fourth-order valence-corrected chi connectivity index (χ4v) is 3.95. The van der Waals surface area contributed by atoms with Crippen molar-refractivity contribution >= 4 is 22.8 Å². The third-order valence-corrected chi connectivity index (χ3v) is 5.46. The number of carbonyl (C=O) groups is 1. The van der Waals surface area contributed by atoms with Crippen molar-refractivity contribution in [1.29, 1.82) is 5.26 Å². The molecule has 5 heteroatoms. The standard InChI is InChI=1S/C27H22N2O3/c1-29-22-12-8-7-11-21(22)25(26(29)19-9-5-4-6-10-19)27(30)20(17-28)15-18-13-14-23(31-2)24(16-18)32-3/h4-16H,1-3H3/b20-15+. The fourth-order valence-electron chi connectivity index (χ4n) is 3.95. The highest BCUT2D eigenvalue weighted by atomic mass is 16.5. The van der Waals surface area contributed by atoms with Gasteiger partial charge in [0.1, 0.15) is 11.6 Å². The fraction of sp³-hybridized carbons (Fsp3) is 0.111. The minimum atomic E-state index is -0.321. The number of benzene rings is 3. The Kier molecular flexibility index (Phi) is 5.78. The van der Waals surface area contributed by atoms with Gasteiger partial charge in [-0.05, 0) is 35.4 Å². The quantitative estimate of drug-likeness (QED) is 0.229. The lowest BCUT2D eigenvalue weighted by atomic mass is 9.96. The Morgan fingerprint density at radius 3 is 2.31 bits per heavy atom. The van der Waals surface area contributed by atoms with Gasteiger partial charge in [-0.15, -0.1) is 0 Å². The highest BCUT2D eigenvalue weighted by Gasteiger charge is 2.24. The summed E-state index contributed by atoms with van der Waals surface area (Å²) in [5.41, 5.74) is 3.86. The summed E-state index contributed by atoms with van der Waals surface area (Å²) in [5.74, 6) is 0.786. The number of nitrogens with zero attached hydrogens (tertiary/aromatic N) is 2. The minimum absolute atomic E-state index is 0.0470. The number of rotatable bonds is 6. The molecule has 0 saturated heterocycles. The average Bonchev–Trinajstić information content (AvgIpc) is 3.14. The third kappa shape index (κ3) is 3.63. The van der Waals surface area contributed by atoms with E-state index in [4.69, 9.17) is 9.47 Å². The van der Waals surface area contributed by atoms with Crippen molar-refractivity contribution in [2.45, 2.75) is 0 Å². The SMILES string of the molecule is COc1ccc(/C=C(\C#N)C(=O)c2c(-c3ccccc3)n(C)c3ccccc23)cc1OC. The van der Waals surface area contributed by atoms with Crippen LogP contribution in [0.5, 0.6) is 11.5 Å². The van der Waals surface area contributed by atoms with Gasteiger partial charge >= 0.3 is 0 Å². The van der Waals surface area contributed by atoms with Crippen molar-refractivity contribution in [2.24, 2.45) is 7.05 Å². The van der Waals surface area contributed by atoms with Crippen LogP contribution >= 0.6 is 0 Å². The Bertz CT molecular complexity index is 1380. The summed E-state index contributed by atoms with van der Waals surface area (Å²) >= 11 is 0. The maximum atomic E-state index is 13.7. The molecule has 0 N–H and O–H groups in total. The largest absolute Gasteiger partial charge is 0.493 e. The van der Waals surface area contributed by atoms with Gasteiger partial charge in [-0.25, -0.2) is 0 Å². The number of methoxy groups -OCH3 is 2. The second kappa shape index (κ2) is 8.83. The maximum absolute atomic E-state index is 13.7. The zero-order chi connectivity index (χ0) is 22.7. The summed E-state index contributed by atoms with van der Waals surface area (Å²) in [7, 11) is 5.04. The van der Waals surface area contributed by atoms with Crippen molar-refractivity contribution < 1.29 is 14.3 Å². The lowest BCUT2D eigenvalue weighted by molar-refractivity contribution is 0.104. The maximum Gasteiger partial charge on any atom is 0.206 e. The molecular formula is C27H22N2O3. The molecule has 0 aliphatic rings. The molecule has 158 valence electrons. The van der Waals surface area contributed by atoms with Crippen LogP contribution in [-0.4, -0.2) is 24.6 Å². The Labute approximate surface area is 186 Å². The van der Waals surface area contributed by atoms with E-state index in [0.717, 1.165) is 22.2 Å². The lowest BCUT2D eigenvalue weighted by Gasteiger charge is -2.09. The highest BCUT2D eigenvalue weighted by Crippen LogP contribution is 2.35. The van der Waals surface area contributed by atoms with Crippen LogP contribution in [0.1, 0.15) is 15.9 Å². The summed E-state index contributed by atoms with van der Waals surface area (Å²) in [6.07, 6.45) is 1.58. The van der Waals surface area contributed by atoms with E-state index in [1.165, 1.54) is 0 Å². The molecule has 5 nitrogen and oxygen atoms in total. The van der Waals surface area contributed by atoms with Crippen LogP contribution in [0, 0.1) is 11.3 Å². The van der Waals surface area contributed by atoms with Gasteiger partial charge in [0.25, 0.3) is 0 Å². The Morgan fingerprint density at radius 2 is 1.62 bits per heavy atom. The molecule has 4 aromatic rings. The molecule has 32 heavy (non-hydrogen) atoms. The Hall–Kier alpha value is -4.30. The third-order valence-electron chi connectivity index (χ3n) is 5.46. The number of ether oxygens (including phenoxy) is 2. The van der Waals surface area contributed by atoms with Crippen LogP contribution in [0.4, 0.5) is 0 Å². The summed E-state index contributed by atoms with van der Waals surface area (Å²) in [5, 5.41) is 10.7. The van der Waals surface area contributed by atoms with Crippen LogP contribution in [0.25, 0.3) is 28.2 Å². The van der Waals surface area contributed by atoms with Gasteiger partial charge in [0.2, 0.25) is 5.78 Å². The van der Waals surface area contributed by atoms with Gasteiger partial charge in [-0.3, -0.25) is 4.79 Å². The zero-order valence-electron chi connectivity index (χ0n) is 18.1. The van der Waals surface area contributed by atoms with Crippen molar-refractivity contribution in [3.8, 4) is 28.8 Å². The number of aryl methyl sites for hydroxylation is 1. The topological polar surface area (TPSA) is 64.2 Å². The predicted molar refractivity (Wildman–Crippen MR) is 126 cm³/mol. The molecule has 4 rings (SSSR count). The van der Waals surface area contributed by atoms with E-state index in [1.807, 2.05) is 66.2 Å². The number of para-hydroxylation sites is 1. The number of ketones is 1. The molecule has 0 fully saturated rings. The summed E-state index contributed by atoms with van der Waals surface area (Å²) < 4.78 is 12.6. The van der Waals surface area contributed by atoms with E-state index >= 15 is 0 Å². The number of fused-ring (bicyclic) bond motifs is 1. The number of carbonyl (C=O) groups excluding carboxylic acids is 1. The van der Waals surface area contributed by atoms with E-state index in [-0.39, 0.29) is 11.4 Å². The monoisotopic (exact) mass is 422 g/mol. The molecule has 1 aromatic heterocycles. The first-order valence-corrected chi connectivity index (χ1v) is 10.1. The molecule has 0 amide bonds. The van der Waals surface area contributed by atoms with Gasteiger partial charge in [-0.1, -0.05) is 54.6 Å². The van der Waals surface area contributed by atoms with Gasteiger partial charge in [0.05, 0.1) is 25.5 Å². The lowest BCUT2D eigenvalue weighted by Crippen LogP contribution is -2.05. The molecule has 0 unspecified atom stereocenters. The van der Waals surface area contributed by atoms with Gasteiger partial charge < -0.3 is 14.0 Å². The Morgan fingerprint density at radius 1 is 0.938 bits per heavy atom. The van der Waals surface area contributed by atoms with E-state index in [9.17, 15) is 10.1 Å². The average molecular weight is 422 g/mol. The molecule has 0 aliphatic carbocycles. The zero-order valence-corrected chi connectivity index (χ0v) is 18.1. The van der Waals surface area contributed by atoms with E-state index in [2.05, 4.69) is 6.07 Å². The molecule has 0 aliphatic heterocycles. The number of nitriles is 1. The second-order valence-corrected chi connectivity index (χ2v) is 7.28. The van der Waals surface area contributed by atoms with Gasteiger partial charge in [-0.2, -0.15) is 5.26 Å². The van der Waals surface area contributed by atoms with Crippen molar-refractivity contribution in [3.05, 3.63) is 89.5 Å². The van der Waals surface area contributed by atoms with Crippen molar-refractivity contribution in [1.82, 2.24) is 4.57 Å². The molecule has 0 atom stereocenters. The van der Waals surface area contributed by atoms with E-state index < -0.39 is 0 Å². The molecule has 3 aromatic carbocycles. The first-order chi connectivity index (χ1) is 15.6. The summed E-state index contributed by atoms with van der Waals surface area (Å²) in [4.78, 5) is 13.7. The number of allylic oxidation sites excluding steroid dienone is 1. The van der Waals surface area contributed by atoms with Gasteiger partial charge in [0, 0.05) is 18.0 Å². The van der Waals surface area contributed by atoms with Crippen molar-refractivity contribution in [3.63, 3.8) is 0 Å². The minimum Gasteiger partial charge on any atom is -0.493 e. The smallest absolute Gasteiger partial charge is 0.206 e. The molecule has 0 bridgehead atoms. The molecule has 0 saturated carbocycles. The van der Waals surface area contributed by atoms with Gasteiger partial charge in [0.15, 0.2) is 11.5 Å². The van der Waals surface area contributed by atoms with Crippen LogP contribution < -0.4 is 9.47 Å². The van der Waals surface area contributed by atoms with E-state index in [1.54, 1.807) is 38.5 Å². The first kappa shape index (κ1) is 21.0. The normalized spacial score (nSPS) is 11.2. The number of aromatic nitrogens is 1. The van der Waals surface area contributed by atoms with Crippen LogP contribution in [-0.2, 0) is 7.05 Å². The summed E-state index contributed by atoms with van der Waals surface area (Å²) in [6.45, 7) is 0. The van der Waals surface area contributed by atoms with Crippen LogP contribution in [0.3, 0.4) is 0 Å². The van der Waals surface area contributed by atoms with Crippen molar-refractivity contribution in [2.75, 3.05) is 14.2 Å². The van der Waals surface area contributed by atoms with Crippen LogP contribution in [0.2, 0.25) is 0 Å². The Balaban J connectivity index is 1.90. The predicted octanol–water partition coefficient (Wildman–Crippen LogP) is 5.65. The number of Topliss-reactive ketones (excluding diaryl/α,β-unsaturated/α-hetero) is 1. The number of hydrogen-bond acceptors (Lipinski definition) is 4. The molecule has 1 heterocycles. The number of hydrogen-bond donors (Lipinski definition) is 0. The van der Waals surface area contributed by atoms with E-state index in [0.29, 0.717) is 22.6 Å². The molecule has 0 spiro atoms. The second-order valence-electron chi connectivity index (χ2n) is 7.28. The molecular weight excluding hydrogens is 400 g/mol. The molecule has 0 radical (unpaired) electrons. The highest BCUT2D eigenvalue weighted by molar-refractivity contribution is 6.23. The van der Waals surface area contributed by atoms with Crippen LogP contribution in [0.15, 0.2) is 78.4 Å². The first-order valence-electron chi connectivity index (χ1n) is 10.1.